The summed E-state index contributed by atoms with van der Waals surface area (Å²) >= 11 is 5.57. The van der Waals surface area contributed by atoms with E-state index in [0.717, 1.165) is 6.07 Å². The zero-order valence-corrected chi connectivity index (χ0v) is 10.6. The van der Waals surface area contributed by atoms with E-state index in [1.807, 2.05) is 0 Å². The van der Waals surface area contributed by atoms with Crippen molar-refractivity contribution in [2.45, 2.75) is 0 Å². The monoisotopic (exact) mass is 281 g/mol. The quantitative estimate of drug-likeness (QED) is 0.939. The fraction of sp³-hybridized carbons (Fsp3) is 0.0833. The molecule has 98 valence electrons. The molecule has 2 rings (SSSR count). The van der Waals surface area contributed by atoms with Crippen LogP contribution in [0.5, 0.6) is 5.75 Å². The molecule has 0 radical (unpaired) electrons. The lowest BCUT2D eigenvalue weighted by Gasteiger charge is -2.06. The molecule has 7 heteroatoms. The lowest BCUT2D eigenvalue weighted by atomic mass is 10.2. The highest BCUT2D eigenvalue weighted by Crippen LogP contribution is 2.18. The van der Waals surface area contributed by atoms with Crippen LogP contribution in [0.25, 0.3) is 0 Å². The normalized spacial score (nSPS) is 10.1. The molecule has 1 aromatic heterocycles. The van der Waals surface area contributed by atoms with Gasteiger partial charge < -0.3 is 10.1 Å². The van der Waals surface area contributed by atoms with Crippen LogP contribution in [-0.2, 0) is 0 Å². The summed E-state index contributed by atoms with van der Waals surface area (Å²) in [6.07, 6.45) is 0. The number of carbonyl (C=O) groups excluding carboxylic acids is 1. The summed E-state index contributed by atoms with van der Waals surface area (Å²) in [6, 6.07) is 6.88. The molecule has 1 amide bonds. The molecule has 19 heavy (non-hydrogen) atoms. The summed E-state index contributed by atoms with van der Waals surface area (Å²) in [7, 11) is 1.35. The third-order valence-corrected chi connectivity index (χ3v) is 2.49. The first-order valence-electron chi connectivity index (χ1n) is 5.24. The zero-order chi connectivity index (χ0) is 13.8. The van der Waals surface area contributed by atoms with Gasteiger partial charge in [0.15, 0.2) is 22.5 Å². The molecule has 0 unspecified atom stereocenters. The molecule has 0 atom stereocenters. The topological polar surface area (TPSA) is 64.1 Å². The van der Waals surface area contributed by atoms with E-state index in [4.69, 9.17) is 16.3 Å². The molecule has 0 aliphatic rings. The van der Waals surface area contributed by atoms with Gasteiger partial charge in [-0.1, -0.05) is 11.6 Å². The number of anilines is 1. The molecule has 0 spiro atoms. The van der Waals surface area contributed by atoms with Crippen molar-refractivity contribution in [2.24, 2.45) is 0 Å². The van der Waals surface area contributed by atoms with Crippen LogP contribution in [0.1, 0.15) is 10.4 Å². The molecule has 1 N–H and O–H groups in total. The molecule has 0 fully saturated rings. The summed E-state index contributed by atoms with van der Waals surface area (Å²) in [5.74, 6) is -0.816. The Morgan fingerprint density at radius 3 is 2.68 bits per heavy atom. The van der Waals surface area contributed by atoms with Gasteiger partial charge in [0.05, 0.1) is 7.11 Å². The second-order valence-corrected chi connectivity index (χ2v) is 3.93. The number of ether oxygens (including phenoxy) is 1. The van der Waals surface area contributed by atoms with Gasteiger partial charge in [-0.2, -0.15) is 0 Å². The van der Waals surface area contributed by atoms with Crippen LogP contribution in [0.15, 0.2) is 30.3 Å². The van der Waals surface area contributed by atoms with E-state index in [9.17, 15) is 9.18 Å². The number of nitrogens with zero attached hydrogens (tertiary/aromatic N) is 2. The van der Waals surface area contributed by atoms with Crippen molar-refractivity contribution in [3.05, 3.63) is 46.9 Å². The van der Waals surface area contributed by atoms with Crippen LogP contribution in [0.4, 0.5) is 10.2 Å². The Kier molecular flexibility index (Phi) is 3.91. The number of amides is 1. The maximum atomic E-state index is 13.5. The average Bonchev–Trinajstić information content (AvgIpc) is 2.41. The molecule has 0 saturated carbocycles. The maximum absolute atomic E-state index is 13.5. The van der Waals surface area contributed by atoms with E-state index < -0.39 is 11.7 Å². The highest BCUT2D eigenvalue weighted by Gasteiger charge is 2.11. The molecule has 5 nitrogen and oxygen atoms in total. The Labute approximate surface area is 113 Å². The van der Waals surface area contributed by atoms with E-state index in [-0.39, 0.29) is 22.3 Å². The number of halogens is 2. The van der Waals surface area contributed by atoms with Crippen molar-refractivity contribution in [1.29, 1.82) is 0 Å². The SMILES string of the molecule is COc1ccc(C(=O)Nc2ccc(Cl)nn2)cc1F. The maximum Gasteiger partial charge on any atom is 0.256 e. The van der Waals surface area contributed by atoms with E-state index in [1.54, 1.807) is 0 Å². The largest absolute Gasteiger partial charge is 0.494 e. The van der Waals surface area contributed by atoms with Crippen molar-refractivity contribution in [2.75, 3.05) is 12.4 Å². The molecule has 0 aliphatic carbocycles. The molecule has 1 aromatic carbocycles. The Morgan fingerprint density at radius 2 is 2.11 bits per heavy atom. The van der Waals surface area contributed by atoms with E-state index >= 15 is 0 Å². The number of methoxy groups -OCH3 is 1. The third-order valence-electron chi connectivity index (χ3n) is 2.29. The van der Waals surface area contributed by atoms with Gasteiger partial charge in [0.1, 0.15) is 0 Å². The first-order valence-corrected chi connectivity index (χ1v) is 5.62. The fourth-order valence-corrected chi connectivity index (χ4v) is 1.48. The summed E-state index contributed by atoms with van der Waals surface area (Å²) in [5.41, 5.74) is 0.148. The molecular weight excluding hydrogens is 273 g/mol. The standard InChI is InChI=1S/C12H9ClFN3O2/c1-19-9-3-2-7(6-8(9)14)12(18)15-11-5-4-10(13)16-17-11/h2-6H,1H3,(H,15,17,18). The van der Waals surface area contributed by atoms with Crippen LogP contribution < -0.4 is 10.1 Å². The molecule has 0 aliphatic heterocycles. The van der Waals surface area contributed by atoms with E-state index in [2.05, 4.69) is 15.5 Å². The second-order valence-electron chi connectivity index (χ2n) is 3.54. The predicted molar refractivity (Wildman–Crippen MR) is 67.9 cm³/mol. The minimum atomic E-state index is -0.614. The van der Waals surface area contributed by atoms with E-state index in [1.165, 1.54) is 31.4 Å². The first kappa shape index (κ1) is 13.2. The molecule has 2 aromatic rings. The highest BCUT2D eigenvalue weighted by atomic mass is 35.5. The molecule has 1 heterocycles. The van der Waals surface area contributed by atoms with Gasteiger partial charge in [-0.05, 0) is 30.3 Å². The van der Waals surface area contributed by atoms with Gasteiger partial charge >= 0.3 is 0 Å². The molecule has 0 saturated heterocycles. The lowest BCUT2D eigenvalue weighted by Crippen LogP contribution is -2.13. The summed E-state index contributed by atoms with van der Waals surface area (Å²) < 4.78 is 18.2. The number of aromatic nitrogens is 2. The Bertz CT molecular complexity index is 604. The second kappa shape index (κ2) is 5.62. The minimum absolute atomic E-state index is 0.0721. The van der Waals surface area contributed by atoms with Gasteiger partial charge in [0.25, 0.3) is 5.91 Å². The van der Waals surface area contributed by atoms with Crippen molar-refractivity contribution >= 4 is 23.3 Å². The minimum Gasteiger partial charge on any atom is -0.494 e. The van der Waals surface area contributed by atoms with Crippen molar-refractivity contribution in [3.8, 4) is 5.75 Å². The first-order chi connectivity index (χ1) is 9.10. The van der Waals surface area contributed by atoms with Crippen molar-refractivity contribution < 1.29 is 13.9 Å². The van der Waals surface area contributed by atoms with Crippen LogP contribution in [0, 0.1) is 5.82 Å². The number of nitrogens with one attached hydrogen (secondary N) is 1. The van der Waals surface area contributed by atoms with Crippen molar-refractivity contribution in [1.82, 2.24) is 10.2 Å². The van der Waals surface area contributed by atoms with Crippen LogP contribution >= 0.6 is 11.6 Å². The Hall–Kier alpha value is -2.21. The van der Waals surface area contributed by atoms with Crippen LogP contribution in [0.2, 0.25) is 5.15 Å². The summed E-state index contributed by atoms with van der Waals surface area (Å²) in [5, 5.41) is 9.93. The number of rotatable bonds is 3. The lowest BCUT2D eigenvalue weighted by molar-refractivity contribution is 0.102. The van der Waals surface area contributed by atoms with Crippen LogP contribution in [-0.4, -0.2) is 23.2 Å². The van der Waals surface area contributed by atoms with Gasteiger partial charge in [-0.3, -0.25) is 4.79 Å². The van der Waals surface area contributed by atoms with Crippen LogP contribution in [0.3, 0.4) is 0 Å². The molecule has 0 bridgehead atoms. The highest BCUT2D eigenvalue weighted by molar-refractivity contribution is 6.29. The average molecular weight is 282 g/mol. The smallest absolute Gasteiger partial charge is 0.256 e. The number of benzene rings is 1. The molecular formula is C12H9ClFN3O2. The fourth-order valence-electron chi connectivity index (χ4n) is 1.38. The van der Waals surface area contributed by atoms with Crippen molar-refractivity contribution in [3.63, 3.8) is 0 Å². The number of hydrogen-bond donors (Lipinski definition) is 1. The summed E-state index contributed by atoms with van der Waals surface area (Å²) in [4.78, 5) is 11.8. The van der Waals surface area contributed by atoms with Gasteiger partial charge in [0, 0.05) is 5.56 Å². The summed E-state index contributed by atoms with van der Waals surface area (Å²) in [6.45, 7) is 0. The number of carbonyl (C=O) groups is 1. The van der Waals surface area contributed by atoms with Gasteiger partial charge in [-0.25, -0.2) is 4.39 Å². The Balaban J connectivity index is 2.16. The zero-order valence-electron chi connectivity index (χ0n) is 9.85. The van der Waals surface area contributed by atoms with E-state index in [0.29, 0.717) is 0 Å². The number of hydrogen-bond acceptors (Lipinski definition) is 4. The third kappa shape index (κ3) is 3.17. The Morgan fingerprint density at radius 1 is 1.32 bits per heavy atom. The predicted octanol–water partition coefficient (Wildman–Crippen LogP) is 2.53. The van der Waals surface area contributed by atoms with Gasteiger partial charge in [-0.15, -0.1) is 10.2 Å². The van der Waals surface area contributed by atoms with Gasteiger partial charge in [0.2, 0.25) is 0 Å².